The van der Waals surface area contributed by atoms with Gasteiger partial charge in [-0.25, -0.2) is 13.6 Å². The summed E-state index contributed by atoms with van der Waals surface area (Å²) in [6, 6.07) is 9.10. The number of pyridine rings is 1. The lowest BCUT2D eigenvalue weighted by atomic mass is 10.2. The highest BCUT2D eigenvalue weighted by Gasteiger charge is 2.14. The van der Waals surface area contributed by atoms with Crippen LogP contribution < -0.4 is 9.71 Å². The van der Waals surface area contributed by atoms with Gasteiger partial charge in [-0.2, -0.15) is 4.57 Å². The molecule has 0 bridgehead atoms. The quantitative estimate of drug-likeness (QED) is 0.707. The lowest BCUT2D eigenvalue weighted by Crippen LogP contribution is -2.30. The van der Waals surface area contributed by atoms with Crippen molar-refractivity contribution in [2.24, 2.45) is 12.2 Å². The lowest BCUT2D eigenvalue weighted by molar-refractivity contribution is -0.646. The van der Waals surface area contributed by atoms with Crippen LogP contribution in [0.4, 0.5) is 0 Å². The first kappa shape index (κ1) is 10.1. The number of fused-ring (bicyclic) bond motifs is 1. The van der Waals surface area contributed by atoms with Crippen molar-refractivity contribution < 1.29 is 13.0 Å². The molecule has 1 aromatic heterocycles. The van der Waals surface area contributed by atoms with E-state index >= 15 is 0 Å². The Morgan fingerprint density at radius 1 is 1.27 bits per heavy atom. The Morgan fingerprint density at radius 2 is 1.93 bits per heavy atom. The lowest BCUT2D eigenvalue weighted by Gasteiger charge is -1.99. The van der Waals surface area contributed by atoms with Gasteiger partial charge in [0.25, 0.3) is 0 Å². The van der Waals surface area contributed by atoms with E-state index in [1.807, 2.05) is 24.3 Å². The van der Waals surface area contributed by atoms with Gasteiger partial charge >= 0.3 is 0 Å². The number of aryl methyl sites for hydroxylation is 1. The third-order valence-electron chi connectivity index (χ3n) is 2.26. The highest BCUT2D eigenvalue weighted by Crippen LogP contribution is 2.13. The van der Waals surface area contributed by atoms with Crippen molar-refractivity contribution >= 4 is 20.9 Å². The molecule has 0 aliphatic rings. The number of hydrogen-bond donors (Lipinski definition) is 1. The van der Waals surface area contributed by atoms with Crippen LogP contribution in [0.25, 0.3) is 10.9 Å². The third kappa shape index (κ3) is 1.84. The van der Waals surface area contributed by atoms with Crippen LogP contribution in [-0.4, -0.2) is 8.42 Å². The van der Waals surface area contributed by atoms with Gasteiger partial charge in [-0.15, -0.1) is 0 Å². The van der Waals surface area contributed by atoms with E-state index in [4.69, 9.17) is 5.14 Å². The van der Waals surface area contributed by atoms with Gasteiger partial charge in [-0.05, 0) is 12.1 Å². The number of sulfonamides is 1. The molecule has 5 heteroatoms. The van der Waals surface area contributed by atoms with Crippen molar-refractivity contribution in [2.45, 2.75) is 4.90 Å². The molecule has 0 aliphatic heterocycles. The van der Waals surface area contributed by atoms with E-state index in [1.165, 1.54) is 6.20 Å². The zero-order valence-corrected chi connectivity index (χ0v) is 9.03. The van der Waals surface area contributed by atoms with Crippen LogP contribution in [0.2, 0.25) is 0 Å². The molecule has 0 fully saturated rings. The van der Waals surface area contributed by atoms with Crippen LogP contribution in [0, 0.1) is 0 Å². The van der Waals surface area contributed by atoms with Crippen molar-refractivity contribution in [3.8, 4) is 0 Å². The van der Waals surface area contributed by atoms with Crippen molar-refractivity contribution in [2.75, 3.05) is 0 Å². The Kier molecular flexibility index (Phi) is 2.21. The summed E-state index contributed by atoms with van der Waals surface area (Å²) in [6.45, 7) is 0. The second-order valence-electron chi connectivity index (χ2n) is 3.39. The van der Waals surface area contributed by atoms with Gasteiger partial charge < -0.3 is 0 Å². The molecule has 0 radical (unpaired) electrons. The molecule has 0 saturated carbocycles. The van der Waals surface area contributed by atoms with E-state index < -0.39 is 10.0 Å². The molecule has 15 heavy (non-hydrogen) atoms. The van der Waals surface area contributed by atoms with Crippen LogP contribution in [0.3, 0.4) is 0 Å². The monoisotopic (exact) mass is 223 g/mol. The maximum Gasteiger partial charge on any atom is 0.244 e. The Bertz CT molecular complexity index is 620. The minimum atomic E-state index is -3.64. The van der Waals surface area contributed by atoms with Crippen molar-refractivity contribution in [1.29, 1.82) is 0 Å². The maximum absolute atomic E-state index is 11.2. The molecule has 0 aliphatic carbocycles. The highest BCUT2D eigenvalue weighted by molar-refractivity contribution is 7.89. The Hall–Kier alpha value is -1.46. The fourth-order valence-corrected chi connectivity index (χ4v) is 2.13. The van der Waals surface area contributed by atoms with Gasteiger partial charge in [-0.1, -0.05) is 12.1 Å². The predicted octanol–water partition coefficient (Wildman–Crippen LogP) is 0.312. The number of nitrogens with two attached hydrogens (primary N) is 1. The molecule has 0 atom stereocenters. The van der Waals surface area contributed by atoms with E-state index in [0.29, 0.717) is 0 Å². The van der Waals surface area contributed by atoms with E-state index in [0.717, 1.165) is 10.9 Å². The number of nitrogens with zero attached hydrogens (tertiary/aromatic N) is 1. The zero-order chi connectivity index (χ0) is 11.1. The SMILES string of the molecule is C[n+]1cc(S(N)(=O)=O)cc2ccccc21. The smallest absolute Gasteiger partial charge is 0.224 e. The number of para-hydroxylation sites is 1. The largest absolute Gasteiger partial charge is 0.244 e. The van der Waals surface area contributed by atoms with Crippen LogP contribution in [0.15, 0.2) is 41.4 Å². The Labute approximate surface area is 88.0 Å². The minimum absolute atomic E-state index is 0.128. The molecule has 0 saturated heterocycles. The van der Waals surface area contributed by atoms with E-state index in [1.54, 1.807) is 17.7 Å². The van der Waals surface area contributed by atoms with Gasteiger partial charge in [-0.3, -0.25) is 0 Å². The number of aromatic nitrogens is 1. The number of rotatable bonds is 1. The van der Waals surface area contributed by atoms with Crippen LogP contribution in [0.5, 0.6) is 0 Å². The van der Waals surface area contributed by atoms with E-state index in [2.05, 4.69) is 0 Å². The summed E-state index contributed by atoms with van der Waals surface area (Å²) in [5, 5.41) is 5.93. The number of benzene rings is 1. The second kappa shape index (κ2) is 3.29. The Balaban J connectivity index is 2.85. The van der Waals surface area contributed by atoms with Gasteiger partial charge in [0.2, 0.25) is 15.5 Å². The topological polar surface area (TPSA) is 64.0 Å². The summed E-state index contributed by atoms with van der Waals surface area (Å²) in [5.74, 6) is 0. The first-order chi connectivity index (χ1) is 6.98. The standard InChI is InChI=1S/C10H11N2O2S/c1-12-7-9(15(11,13)14)6-8-4-2-3-5-10(8)12/h2-7H,1H3,(H2,11,13,14)/q+1. The van der Waals surface area contributed by atoms with Gasteiger partial charge in [0.1, 0.15) is 11.9 Å². The van der Waals surface area contributed by atoms with Crippen molar-refractivity contribution in [1.82, 2.24) is 0 Å². The molecular formula is C10H11N2O2S+. The fourth-order valence-electron chi connectivity index (χ4n) is 1.54. The van der Waals surface area contributed by atoms with Crippen molar-refractivity contribution in [3.63, 3.8) is 0 Å². The van der Waals surface area contributed by atoms with Crippen LogP contribution in [-0.2, 0) is 17.1 Å². The highest BCUT2D eigenvalue weighted by atomic mass is 32.2. The number of hydrogen-bond acceptors (Lipinski definition) is 2. The number of primary sulfonamides is 1. The molecular weight excluding hydrogens is 212 g/mol. The third-order valence-corrected chi connectivity index (χ3v) is 3.14. The average Bonchev–Trinajstić information content (AvgIpc) is 2.16. The van der Waals surface area contributed by atoms with Gasteiger partial charge in [0, 0.05) is 11.5 Å². The predicted molar refractivity (Wildman–Crippen MR) is 56.5 cm³/mol. The maximum atomic E-state index is 11.2. The van der Waals surface area contributed by atoms with E-state index in [-0.39, 0.29) is 4.90 Å². The molecule has 2 aromatic rings. The second-order valence-corrected chi connectivity index (χ2v) is 4.95. The molecule has 0 unspecified atom stereocenters. The summed E-state index contributed by atoms with van der Waals surface area (Å²) in [4.78, 5) is 0.128. The van der Waals surface area contributed by atoms with E-state index in [9.17, 15) is 8.42 Å². The first-order valence-electron chi connectivity index (χ1n) is 4.40. The fraction of sp³-hybridized carbons (Fsp3) is 0.100. The summed E-state index contributed by atoms with van der Waals surface area (Å²) in [6.07, 6.45) is 1.51. The van der Waals surface area contributed by atoms with Crippen molar-refractivity contribution in [3.05, 3.63) is 36.5 Å². The summed E-state index contributed by atoms with van der Waals surface area (Å²) >= 11 is 0. The van der Waals surface area contributed by atoms with Crippen LogP contribution >= 0.6 is 0 Å². The van der Waals surface area contributed by atoms with Gasteiger partial charge in [0.15, 0.2) is 6.20 Å². The first-order valence-corrected chi connectivity index (χ1v) is 5.94. The Morgan fingerprint density at radius 3 is 2.60 bits per heavy atom. The molecule has 4 nitrogen and oxygen atoms in total. The molecule has 2 rings (SSSR count). The average molecular weight is 223 g/mol. The minimum Gasteiger partial charge on any atom is -0.224 e. The summed E-state index contributed by atoms with van der Waals surface area (Å²) < 4.78 is 24.1. The molecule has 0 amide bonds. The summed E-state index contributed by atoms with van der Waals surface area (Å²) in [7, 11) is -1.85. The summed E-state index contributed by atoms with van der Waals surface area (Å²) in [5.41, 5.74) is 0.963. The molecule has 1 aromatic carbocycles. The molecule has 2 N–H and O–H groups in total. The normalized spacial score (nSPS) is 11.9. The van der Waals surface area contributed by atoms with Crippen LogP contribution in [0.1, 0.15) is 0 Å². The molecule has 1 heterocycles. The zero-order valence-electron chi connectivity index (χ0n) is 8.21. The molecule has 78 valence electrons. The molecule has 0 spiro atoms. The van der Waals surface area contributed by atoms with Gasteiger partial charge in [0.05, 0.1) is 0 Å².